The quantitative estimate of drug-likeness (QED) is 0.833. The minimum absolute atomic E-state index is 0.0352. The van der Waals surface area contributed by atoms with Crippen LogP contribution >= 0.6 is 15.9 Å². The second-order valence-corrected chi connectivity index (χ2v) is 5.43. The Bertz CT molecular complexity index is 586. The highest BCUT2D eigenvalue weighted by atomic mass is 79.9. The Balaban J connectivity index is 2.00. The highest BCUT2D eigenvalue weighted by molar-refractivity contribution is 9.10. The molecule has 1 aliphatic rings. The first kappa shape index (κ1) is 11.7. The van der Waals surface area contributed by atoms with Crippen LogP contribution in [0.3, 0.4) is 0 Å². The second kappa shape index (κ2) is 4.71. The molecule has 1 nitrogen and oxygen atoms in total. The topological polar surface area (TPSA) is 20.2 Å². The number of aliphatic hydroxyl groups excluding tert-OH is 1. The van der Waals surface area contributed by atoms with Crippen LogP contribution in [0.4, 0.5) is 0 Å². The van der Waals surface area contributed by atoms with E-state index in [1.165, 1.54) is 0 Å². The average Bonchev–Trinajstić information content (AvgIpc) is 2.41. The van der Waals surface area contributed by atoms with Gasteiger partial charge in [0.2, 0.25) is 0 Å². The molecule has 0 radical (unpaired) electrons. The fourth-order valence-corrected chi connectivity index (χ4v) is 2.68. The Labute approximate surface area is 115 Å². The molecule has 18 heavy (non-hydrogen) atoms. The molecule has 0 fully saturated rings. The van der Waals surface area contributed by atoms with Crippen LogP contribution < -0.4 is 0 Å². The van der Waals surface area contributed by atoms with Crippen LogP contribution in [-0.2, 0) is 0 Å². The van der Waals surface area contributed by atoms with Gasteiger partial charge in [0.1, 0.15) is 0 Å². The van der Waals surface area contributed by atoms with Gasteiger partial charge in [-0.05, 0) is 28.8 Å². The van der Waals surface area contributed by atoms with E-state index in [2.05, 4.69) is 40.2 Å². The van der Waals surface area contributed by atoms with E-state index in [9.17, 15) is 5.11 Å². The molecule has 0 saturated carbocycles. The molecular formula is C16H13BrO. The lowest BCUT2D eigenvalue weighted by molar-refractivity contribution is 0.160. The van der Waals surface area contributed by atoms with Crippen molar-refractivity contribution in [1.82, 2.24) is 0 Å². The third-order valence-electron chi connectivity index (χ3n) is 3.39. The van der Waals surface area contributed by atoms with E-state index >= 15 is 0 Å². The van der Waals surface area contributed by atoms with Crippen LogP contribution in [-0.4, -0.2) is 5.11 Å². The Kier molecular flexibility index (Phi) is 3.06. The Morgan fingerprint density at radius 1 is 0.944 bits per heavy atom. The zero-order valence-electron chi connectivity index (χ0n) is 9.75. The molecule has 0 aromatic heterocycles. The van der Waals surface area contributed by atoms with Gasteiger partial charge >= 0.3 is 0 Å². The summed E-state index contributed by atoms with van der Waals surface area (Å²) in [5, 5.41) is 10.5. The van der Waals surface area contributed by atoms with Gasteiger partial charge in [-0.1, -0.05) is 64.5 Å². The van der Waals surface area contributed by atoms with Crippen molar-refractivity contribution in [2.24, 2.45) is 0 Å². The van der Waals surface area contributed by atoms with E-state index < -0.39 is 6.10 Å². The van der Waals surface area contributed by atoms with Crippen molar-refractivity contribution in [2.45, 2.75) is 12.0 Å². The molecule has 0 saturated heterocycles. The van der Waals surface area contributed by atoms with E-state index in [0.717, 1.165) is 21.2 Å². The number of halogens is 1. The van der Waals surface area contributed by atoms with Crippen molar-refractivity contribution in [2.75, 3.05) is 0 Å². The van der Waals surface area contributed by atoms with E-state index in [0.29, 0.717) is 0 Å². The molecule has 1 aliphatic carbocycles. The van der Waals surface area contributed by atoms with Gasteiger partial charge in [0, 0.05) is 10.4 Å². The molecular weight excluding hydrogens is 288 g/mol. The summed E-state index contributed by atoms with van der Waals surface area (Å²) in [5.74, 6) is 0.0352. The van der Waals surface area contributed by atoms with Gasteiger partial charge in [0.05, 0.1) is 6.10 Å². The molecule has 2 aromatic rings. The van der Waals surface area contributed by atoms with E-state index in [1.54, 1.807) is 0 Å². The molecule has 90 valence electrons. The summed E-state index contributed by atoms with van der Waals surface area (Å²) in [6.45, 7) is 0. The van der Waals surface area contributed by atoms with Crippen LogP contribution in [0.5, 0.6) is 0 Å². The Morgan fingerprint density at radius 2 is 1.67 bits per heavy atom. The van der Waals surface area contributed by atoms with Crippen molar-refractivity contribution < 1.29 is 5.11 Å². The molecule has 2 heteroatoms. The van der Waals surface area contributed by atoms with E-state index in [1.807, 2.05) is 36.4 Å². The van der Waals surface area contributed by atoms with Crippen molar-refractivity contribution in [1.29, 1.82) is 0 Å². The van der Waals surface area contributed by atoms with Gasteiger partial charge in [-0.15, -0.1) is 0 Å². The maximum atomic E-state index is 10.5. The van der Waals surface area contributed by atoms with Gasteiger partial charge in [-0.2, -0.15) is 0 Å². The smallest absolute Gasteiger partial charge is 0.0899 e. The normalized spacial score (nSPS) is 21.7. The maximum Gasteiger partial charge on any atom is 0.0899 e. The first-order chi connectivity index (χ1) is 8.75. The maximum absolute atomic E-state index is 10.5. The number of hydrogen-bond acceptors (Lipinski definition) is 1. The molecule has 2 atom stereocenters. The predicted molar refractivity (Wildman–Crippen MR) is 77.3 cm³/mol. The predicted octanol–water partition coefficient (Wildman–Crippen LogP) is 4.29. The lowest BCUT2D eigenvalue weighted by atomic mass is 9.83. The zero-order valence-corrected chi connectivity index (χ0v) is 11.3. The fraction of sp³-hybridized carbons (Fsp3) is 0.125. The van der Waals surface area contributed by atoms with Crippen molar-refractivity contribution in [3.63, 3.8) is 0 Å². The molecule has 1 N–H and O–H groups in total. The van der Waals surface area contributed by atoms with Gasteiger partial charge in [0.15, 0.2) is 0 Å². The monoisotopic (exact) mass is 300 g/mol. The minimum Gasteiger partial charge on any atom is -0.387 e. The van der Waals surface area contributed by atoms with Gasteiger partial charge in [-0.3, -0.25) is 0 Å². The minimum atomic E-state index is -0.465. The molecule has 3 rings (SSSR count). The lowest BCUT2D eigenvalue weighted by Crippen LogP contribution is -2.13. The van der Waals surface area contributed by atoms with Crippen LogP contribution in [0.15, 0.2) is 59.1 Å². The molecule has 0 heterocycles. The van der Waals surface area contributed by atoms with Crippen molar-refractivity contribution in [3.05, 3.63) is 75.8 Å². The van der Waals surface area contributed by atoms with E-state index in [4.69, 9.17) is 0 Å². The fourth-order valence-electron chi connectivity index (χ4n) is 2.42. The van der Waals surface area contributed by atoms with E-state index in [-0.39, 0.29) is 5.92 Å². The number of benzene rings is 2. The lowest BCUT2D eigenvalue weighted by Gasteiger charge is -2.26. The SMILES string of the molecule is OC1c2ccccc2C=CC1c1ccc(Br)cc1. The highest BCUT2D eigenvalue weighted by Crippen LogP contribution is 2.38. The second-order valence-electron chi connectivity index (χ2n) is 4.51. The first-order valence-electron chi connectivity index (χ1n) is 5.96. The van der Waals surface area contributed by atoms with Gasteiger partial charge < -0.3 is 5.11 Å². The molecule has 0 bridgehead atoms. The van der Waals surface area contributed by atoms with Crippen LogP contribution in [0, 0.1) is 0 Å². The summed E-state index contributed by atoms with van der Waals surface area (Å²) >= 11 is 3.43. The molecule has 0 amide bonds. The molecule has 2 unspecified atom stereocenters. The van der Waals surface area contributed by atoms with Gasteiger partial charge in [0.25, 0.3) is 0 Å². The Morgan fingerprint density at radius 3 is 2.44 bits per heavy atom. The number of rotatable bonds is 1. The molecule has 0 aliphatic heterocycles. The summed E-state index contributed by atoms with van der Waals surface area (Å²) in [6, 6.07) is 16.1. The van der Waals surface area contributed by atoms with Gasteiger partial charge in [-0.25, -0.2) is 0 Å². The summed E-state index contributed by atoms with van der Waals surface area (Å²) in [4.78, 5) is 0. The third-order valence-corrected chi connectivity index (χ3v) is 3.92. The summed E-state index contributed by atoms with van der Waals surface area (Å²) in [7, 11) is 0. The van der Waals surface area contributed by atoms with Crippen LogP contribution in [0.2, 0.25) is 0 Å². The van der Waals surface area contributed by atoms with Crippen molar-refractivity contribution in [3.8, 4) is 0 Å². The van der Waals surface area contributed by atoms with Crippen LogP contribution in [0.25, 0.3) is 6.08 Å². The molecule has 2 aromatic carbocycles. The summed E-state index contributed by atoms with van der Waals surface area (Å²) in [5.41, 5.74) is 3.25. The summed E-state index contributed by atoms with van der Waals surface area (Å²) < 4.78 is 1.06. The summed E-state index contributed by atoms with van der Waals surface area (Å²) in [6.07, 6.45) is 3.71. The largest absolute Gasteiger partial charge is 0.387 e. The number of hydrogen-bond donors (Lipinski definition) is 1. The Hall–Kier alpha value is -1.38. The average molecular weight is 301 g/mol. The first-order valence-corrected chi connectivity index (χ1v) is 6.75. The number of fused-ring (bicyclic) bond motifs is 1. The van der Waals surface area contributed by atoms with Crippen molar-refractivity contribution >= 4 is 22.0 Å². The van der Waals surface area contributed by atoms with Crippen LogP contribution in [0.1, 0.15) is 28.7 Å². The standard InChI is InChI=1S/C16H13BrO/c17-13-8-5-12(6-9-13)15-10-7-11-3-1-2-4-14(11)16(15)18/h1-10,15-16,18H. The molecule has 0 spiro atoms. The number of aliphatic hydroxyl groups is 1. The third kappa shape index (κ3) is 2.02. The highest BCUT2D eigenvalue weighted by Gasteiger charge is 2.24. The zero-order chi connectivity index (χ0) is 12.5.